The maximum absolute atomic E-state index is 11.6. The van der Waals surface area contributed by atoms with Gasteiger partial charge in [-0.2, -0.15) is 0 Å². The number of unbranched alkanes of at least 4 members (excludes halogenated alkanes) is 1. The molecule has 0 aliphatic carbocycles. The molecule has 1 unspecified atom stereocenters. The zero-order chi connectivity index (χ0) is 20.8. The Hall–Kier alpha value is -0.770. The van der Waals surface area contributed by atoms with Gasteiger partial charge in [0.2, 0.25) is 0 Å². The van der Waals surface area contributed by atoms with E-state index in [2.05, 4.69) is 39.7 Å². The normalized spacial score (nSPS) is 18.0. The van der Waals surface area contributed by atoms with Gasteiger partial charge in [0.25, 0.3) is 0 Å². The van der Waals surface area contributed by atoms with E-state index < -0.39 is 5.60 Å². The lowest BCUT2D eigenvalue weighted by Gasteiger charge is -2.30. The number of likely N-dealkylation sites (tertiary alicyclic amines) is 1. The molecule has 0 radical (unpaired) electrons. The number of nitrogens with one attached hydrogen (secondary N) is 3. The quantitative estimate of drug-likeness (QED) is 0.176. The van der Waals surface area contributed by atoms with Crippen molar-refractivity contribution in [3.63, 3.8) is 0 Å². The molecule has 1 amide bonds. The van der Waals surface area contributed by atoms with Crippen LogP contribution in [0.15, 0.2) is 4.99 Å². The van der Waals surface area contributed by atoms with Crippen LogP contribution in [0, 0.1) is 5.92 Å². The summed E-state index contributed by atoms with van der Waals surface area (Å²) < 4.78 is 5.22. The molecule has 1 atom stereocenters. The van der Waals surface area contributed by atoms with Gasteiger partial charge in [-0.1, -0.05) is 6.92 Å². The molecule has 172 valence electrons. The van der Waals surface area contributed by atoms with E-state index in [1.807, 2.05) is 20.8 Å². The van der Waals surface area contributed by atoms with Gasteiger partial charge in [-0.3, -0.25) is 4.99 Å². The van der Waals surface area contributed by atoms with Crippen LogP contribution in [0.3, 0.4) is 0 Å². The van der Waals surface area contributed by atoms with Gasteiger partial charge in [-0.05, 0) is 78.8 Å². The molecule has 1 aliphatic rings. The first-order valence-corrected chi connectivity index (χ1v) is 11.0. The molecule has 1 saturated heterocycles. The Morgan fingerprint density at radius 3 is 2.52 bits per heavy atom. The second-order valence-electron chi connectivity index (χ2n) is 8.72. The van der Waals surface area contributed by atoms with Crippen LogP contribution in [0.5, 0.6) is 0 Å². The average molecular weight is 526 g/mol. The molecule has 0 aromatic carbocycles. The lowest BCUT2D eigenvalue weighted by atomic mass is 10.0. The Balaban J connectivity index is 0.00000784. The second-order valence-corrected chi connectivity index (χ2v) is 8.72. The molecule has 1 rings (SSSR count). The van der Waals surface area contributed by atoms with Crippen LogP contribution in [0.25, 0.3) is 0 Å². The number of aliphatic imine (C=N–C) groups is 1. The number of ether oxygens (including phenoxy) is 1. The van der Waals surface area contributed by atoms with E-state index in [1.165, 1.54) is 38.9 Å². The largest absolute Gasteiger partial charge is 0.444 e. The summed E-state index contributed by atoms with van der Waals surface area (Å²) in [5.41, 5.74) is -0.462. The molecule has 0 saturated carbocycles. The molecule has 0 bridgehead atoms. The Bertz CT molecular complexity index is 468. The molecule has 1 aliphatic heterocycles. The summed E-state index contributed by atoms with van der Waals surface area (Å²) in [6, 6.07) is 0. The van der Waals surface area contributed by atoms with E-state index in [0.29, 0.717) is 13.1 Å². The summed E-state index contributed by atoms with van der Waals surface area (Å²) in [5.74, 6) is 1.70. The van der Waals surface area contributed by atoms with Crippen molar-refractivity contribution < 1.29 is 9.53 Å². The second kappa shape index (κ2) is 16.0. The standard InChI is InChI=1S/C21H43N5O2.HI/c1-6-22-19(24-13-10-14-25-20(27)28-21(3,4)5)23-12-7-8-15-26-16-9-11-18(2)17-26;/h18H,6-17H2,1-5H3,(H,25,27)(H2,22,23,24);1H. The van der Waals surface area contributed by atoms with Crippen molar-refractivity contribution in [3.8, 4) is 0 Å². The fraction of sp³-hybridized carbons (Fsp3) is 0.905. The van der Waals surface area contributed by atoms with Crippen LogP contribution < -0.4 is 16.0 Å². The third-order valence-electron chi connectivity index (χ3n) is 4.55. The van der Waals surface area contributed by atoms with Gasteiger partial charge >= 0.3 is 6.09 Å². The SMILES string of the molecule is CCNC(=NCCCNC(=O)OC(C)(C)C)NCCCCN1CCCC(C)C1.I. The number of carbonyl (C=O) groups is 1. The summed E-state index contributed by atoms with van der Waals surface area (Å²) >= 11 is 0. The molecule has 8 heteroatoms. The van der Waals surface area contributed by atoms with E-state index in [9.17, 15) is 4.79 Å². The first-order chi connectivity index (χ1) is 13.3. The topological polar surface area (TPSA) is 78.0 Å². The van der Waals surface area contributed by atoms with Crippen molar-refractivity contribution in [2.24, 2.45) is 10.9 Å². The highest BCUT2D eigenvalue weighted by Gasteiger charge is 2.16. The maximum atomic E-state index is 11.6. The summed E-state index contributed by atoms with van der Waals surface area (Å²) in [4.78, 5) is 18.8. The number of guanidine groups is 1. The number of carbonyl (C=O) groups excluding carboxylic acids is 1. The van der Waals surface area contributed by atoms with Gasteiger partial charge in [0.05, 0.1) is 0 Å². The molecule has 0 aromatic heterocycles. The van der Waals surface area contributed by atoms with Crippen LogP contribution in [0.1, 0.15) is 66.7 Å². The molecule has 3 N–H and O–H groups in total. The number of alkyl carbamates (subject to hydrolysis) is 1. The maximum Gasteiger partial charge on any atom is 0.407 e. The molecular weight excluding hydrogens is 481 g/mol. The minimum atomic E-state index is -0.462. The van der Waals surface area contributed by atoms with Crippen molar-refractivity contribution in [2.75, 3.05) is 45.8 Å². The Kier molecular flexibility index (Phi) is 15.6. The molecule has 7 nitrogen and oxygen atoms in total. The summed E-state index contributed by atoms with van der Waals surface area (Å²) in [6.07, 6.45) is 5.51. The fourth-order valence-electron chi connectivity index (χ4n) is 3.27. The minimum absolute atomic E-state index is 0. The predicted octanol–water partition coefficient (Wildman–Crippen LogP) is 3.59. The van der Waals surface area contributed by atoms with Gasteiger partial charge in [0.15, 0.2) is 5.96 Å². The zero-order valence-electron chi connectivity index (χ0n) is 19.2. The summed E-state index contributed by atoms with van der Waals surface area (Å²) in [7, 11) is 0. The van der Waals surface area contributed by atoms with E-state index in [4.69, 9.17) is 4.74 Å². The van der Waals surface area contributed by atoms with Gasteiger partial charge < -0.3 is 25.6 Å². The Morgan fingerprint density at radius 2 is 1.86 bits per heavy atom. The van der Waals surface area contributed by atoms with Crippen LogP contribution in [-0.2, 0) is 4.74 Å². The van der Waals surface area contributed by atoms with Gasteiger partial charge in [-0.25, -0.2) is 4.79 Å². The van der Waals surface area contributed by atoms with Crippen molar-refractivity contribution in [1.82, 2.24) is 20.9 Å². The van der Waals surface area contributed by atoms with Crippen molar-refractivity contribution in [3.05, 3.63) is 0 Å². The van der Waals surface area contributed by atoms with E-state index in [0.717, 1.165) is 37.8 Å². The van der Waals surface area contributed by atoms with E-state index in [-0.39, 0.29) is 30.1 Å². The molecule has 0 aromatic rings. The highest BCUT2D eigenvalue weighted by atomic mass is 127. The van der Waals surface area contributed by atoms with Crippen LogP contribution in [-0.4, -0.2) is 68.4 Å². The molecule has 29 heavy (non-hydrogen) atoms. The molecule has 1 heterocycles. The summed E-state index contributed by atoms with van der Waals surface area (Å²) in [6.45, 7) is 16.7. The van der Waals surface area contributed by atoms with Crippen molar-refractivity contribution in [2.45, 2.75) is 72.3 Å². The van der Waals surface area contributed by atoms with Gasteiger partial charge in [-0.15, -0.1) is 24.0 Å². The monoisotopic (exact) mass is 525 g/mol. The third kappa shape index (κ3) is 15.7. The number of rotatable bonds is 10. The Morgan fingerprint density at radius 1 is 1.14 bits per heavy atom. The predicted molar refractivity (Wildman–Crippen MR) is 132 cm³/mol. The number of piperidine rings is 1. The van der Waals surface area contributed by atoms with Crippen LogP contribution in [0.2, 0.25) is 0 Å². The smallest absolute Gasteiger partial charge is 0.407 e. The lowest BCUT2D eigenvalue weighted by molar-refractivity contribution is 0.0527. The number of nitrogens with zero attached hydrogens (tertiary/aromatic N) is 2. The lowest BCUT2D eigenvalue weighted by Crippen LogP contribution is -2.38. The van der Waals surface area contributed by atoms with Gasteiger partial charge in [0.1, 0.15) is 5.60 Å². The highest BCUT2D eigenvalue weighted by molar-refractivity contribution is 14.0. The van der Waals surface area contributed by atoms with E-state index >= 15 is 0 Å². The number of hydrogen-bond acceptors (Lipinski definition) is 4. The van der Waals surface area contributed by atoms with Crippen LogP contribution in [0.4, 0.5) is 4.79 Å². The summed E-state index contributed by atoms with van der Waals surface area (Å²) in [5, 5.41) is 9.45. The number of amides is 1. The average Bonchev–Trinajstić information content (AvgIpc) is 2.59. The first-order valence-electron chi connectivity index (χ1n) is 11.0. The third-order valence-corrected chi connectivity index (χ3v) is 4.55. The highest BCUT2D eigenvalue weighted by Crippen LogP contribution is 2.15. The molecule has 0 spiro atoms. The zero-order valence-corrected chi connectivity index (χ0v) is 21.5. The van der Waals surface area contributed by atoms with Crippen LogP contribution >= 0.6 is 24.0 Å². The van der Waals surface area contributed by atoms with Crippen molar-refractivity contribution in [1.29, 1.82) is 0 Å². The van der Waals surface area contributed by atoms with Gasteiger partial charge in [0, 0.05) is 32.7 Å². The van der Waals surface area contributed by atoms with Crippen molar-refractivity contribution >= 4 is 36.0 Å². The number of hydrogen-bond donors (Lipinski definition) is 3. The van der Waals surface area contributed by atoms with E-state index in [1.54, 1.807) is 0 Å². The molecular formula is C21H44IN5O2. The first kappa shape index (κ1) is 28.2. The minimum Gasteiger partial charge on any atom is -0.444 e. The Labute approximate surface area is 195 Å². The molecule has 1 fully saturated rings. The number of halogens is 1. The fourth-order valence-corrected chi connectivity index (χ4v) is 3.27.